The monoisotopic (exact) mass is 301 g/mol. The van der Waals surface area contributed by atoms with Gasteiger partial charge >= 0.3 is 0 Å². The lowest BCUT2D eigenvalue weighted by Crippen LogP contribution is -2.30. The fourth-order valence-electron chi connectivity index (χ4n) is 2.77. The Morgan fingerprint density at radius 2 is 2.27 bits per heavy atom. The molecule has 0 saturated carbocycles. The van der Waals surface area contributed by atoms with Crippen LogP contribution in [0.5, 0.6) is 0 Å². The quantitative estimate of drug-likeness (QED) is 0.917. The van der Waals surface area contributed by atoms with Crippen LogP contribution < -0.4 is 5.56 Å². The number of likely N-dealkylation sites (tertiary alicyclic amines) is 1. The highest BCUT2D eigenvalue weighted by Gasteiger charge is 2.25. The molecule has 6 nitrogen and oxygen atoms in total. The number of aryl methyl sites for hydroxylation is 1. The predicted octanol–water partition coefficient (Wildman–Crippen LogP) is 1.10. The van der Waals surface area contributed by atoms with E-state index >= 15 is 0 Å². The first-order chi connectivity index (χ1) is 10.7. The van der Waals surface area contributed by atoms with Crippen molar-refractivity contribution in [1.82, 2.24) is 14.9 Å². The molecule has 1 aromatic heterocycles. The van der Waals surface area contributed by atoms with Crippen LogP contribution >= 0.6 is 0 Å². The number of methoxy groups -OCH3 is 1. The van der Waals surface area contributed by atoms with Gasteiger partial charge in [0.25, 0.3) is 5.56 Å². The number of hydrogen-bond acceptors (Lipinski definition) is 4. The number of H-pyrrole nitrogens is 1. The second kappa shape index (κ2) is 6.27. The molecule has 2 aromatic rings. The summed E-state index contributed by atoms with van der Waals surface area (Å²) in [7, 11) is 1.66. The van der Waals surface area contributed by atoms with E-state index in [1.165, 1.54) is 0 Å². The lowest BCUT2D eigenvalue weighted by molar-refractivity contribution is -0.130. The number of rotatable bonds is 4. The van der Waals surface area contributed by atoms with Crippen molar-refractivity contribution in [3.63, 3.8) is 0 Å². The summed E-state index contributed by atoms with van der Waals surface area (Å²) in [5, 5.41) is 0. The molecular formula is C16H19N3O3. The van der Waals surface area contributed by atoms with Crippen LogP contribution in [0.1, 0.15) is 18.5 Å². The van der Waals surface area contributed by atoms with E-state index in [-0.39, 0.29) is 17.6 Å². The maximum Gasteiger partial charge on any atom is 0.270 e. The van der Waals surface area contributed by atoms with Crippen LogP contribution in [0.3, 0.4) is 0 Å². The standard InChI is InChI=1S/C16H19N3O3/c1-22-11-8-9-19(10-11)15(20)7-6-14-16(21)18-13-5-3-2-4-12(13)17-14/h2-5,11H,6-10H2,1H3,(H,18,21). The van der Waals surface area contributed by atoms with Gasteiger partial charge in [-0.05, 0) is 18.6 Å². The maximum atomic E-state index is 12.2. The molecular weight excluding hydrogens is 282 g/mol. The summed E-state index contributed by atoms with van der Waals surface area (Å²) < 4.78 is 5.26. The van der Waals surface area contributed by atoms with Gasteiger partial charge in [0.05, 0.1) is 17.1 Å². The molecule has 1 aromatic carbocycles. The number of nitrogens with zero attached hydrogens (tertiary/aromatic N) is 2. The van der Waals surface area contributed by atoms with Crippen molar-refractivity contribution in [3.8, 4) is 0 Å². The molecule has 1 atom stereocenters. The van der Waals surface area contributed by atoms with Crippen LogP contribution in [0.15, 0.2) is 29.1 Å². The van der Waals surface area contributed by atoms with Gasteiger partial charge in [-0.1, -0.05) is 12.1 Å². The van der Waals surface area contributed by atoms with Crippen LogP contribution in [-0.2, 0) is 16.0 Å². The smallest absolute Gasteiger partial charge is 0.270 e. The van der Waals surface area contributed by atoms with Crippen molar-refractivity contribution in [2.24, 2.45) is 0 Å². The Balaban J connectivity index is 1.67. The zero-order chi connectivity index (χ0) is 15.5. The second-order valence-electron chi connectivity index (χ2n) is 5.52. The number of hydrogen-bond donors (Lipinski definition) is 1. The first kappa shape index (κ1) is 14.7. The van der Waals surface area contributed by atoms with Crippen LogP contribution in [-0.4, -0.2) is 47.1 Å². The number of carbonyl (C=O) groups excluding carboxylic acids is 1. The molecule has 3 rings (SSSR count). The van der Waals surface area contributed by atoms with Gasteiger partial charge in [0.2, 0.25) is 5.91 Å². The average Bonchev–Trinajstić information content (AvgIpc) is 3.01. The minimum Gasteiger partial charge on any atom is -0.380 e. The first-order valence-corrected chi connectivity index (χ1v) is 7.46. The number of benzene rings is 1. The molecule has 22 heavy (non-hydrogen) atoms. The lowest BCUT2D eigenvalue weighted by Gasteiger charge is -2.15. The van der Waals surface area contributed by atoms with Gasteiger partial charge in [-0.15, -0.1) is 0 Å². The fraction of sp³-hybridized carbons (Fsp3) is 0.438. The number of para-hydroxylation sites is 2. The highest BCUT2D eigenvalue weighted by atomic mass is 16.5. The largest absolute Gasteiger partial charge is 0.380 e. The summed E-state index contributed by atoms with van der Waals surface area (Å²) in [5.41, 5.74) is 1.65. The third-order valence-corrected chi connectivity index (χ3v) is 4.08. The molecule has 1 amide bonds. The molecule has 0 aliphatic carbocycles. The van der Waals surface area contributed by atoms with Gasteiger partial charge in [-0.2, -0.15) is 0 Å². The Morgan fingerprint density at radius 3 is 3.05 bits per heavy atom. The lowest BCUT2D eigenvalue weighted by atomic mass is 10.2. The number of amides is 1. The number of aromatic nitrogens is 2. The molecule has 1 N–H and O–H groups in total. The van der Waals surface area contributed by atoms with Crippen molar-refractivity contribution in [2.45, 2.75) is 25.4 Å². The minimum atomic E-state index is -0.220. The zero-order valence-electron chi connectivity index (χ0n) is 12.5. The predicted molar refractivity (Wildman–Crippen MR) is 82.7 cm³/mol. The van der Waals surface area contributed by atoms with Crippen molar-refractivity contribution < 1.29 is 9.53 Å². The normalized spacial score (nSPS) is 18.0. The van der Waals surface area contributed by atoms with E-state index in [9.17, 15) is 9.59 Å². The van der Waals surface area contributed by atoms with Crippen molar-refractivity contribution in [2.75, 3.05) is 20.2 Å². The number of ether oxygens (including phenoxy) is 1. The first-order valence-electron chi connectivity index (χ1n) is 7.46. The molecule has 1 unspecified atom stereocenters. The Morgan fingerprint density at radius 1 is 1.45 bits per heavy atom. The average molecular weight is 301 g/mol. The van der Waals surface area contributed by atoms with E-state index in [2.05, 4.69) is 9.97 Å². The Hall–Kier alpha value is -2.21. The van der Waals surface area contributed by atoms with E-state index in [1.807, 2.05) is 24.3 Å². The van der Waals surface area contributed by atoms with E-state index in [1.54, 1.807) is 12.0 Å². The maximum absolute atomic E-state index is 12.2. The molecule has 1 saturated heterocycles. The van der Waals surface area contributed by atoms with Crippen molar-refractivity contribution >= 4 is 16.9 Å². The highest BCUT2D eigenvalue weighted by Crippen LogP contribution is 2.14. The summed E-state index contributed by atoms with van der Waals surface area (Å²) in [6.07, 6.45) is 1.65. The third kappa shape index (κ3) is 3.01. The topological polar surface area (TPSA) is 75.3 Å². The van der Waals surface area contributed by atoms with Gasteiger partial charge in [-0.25, -0.2) is 4.98 Å². The van der Waals surface area contributed by atoms with Crippen molar-refractivity contribution in [1.29, 1.82) is 0 Å². The summed E-state index contributed by atoms with van der Waals surface area (Å²) in [5.74, 6) is 0.0499. The summed E-state index contributed by atoms with van der Waals surface area (Å²) in [4.78, 5) is 33.2. The number of carbonyl (C=O) groups is 1. The zero-order valence-corrected chi connectivity index (χ0v) is 12.5. The van der Waals surface area contributed by atoms with Gasteiger partial charge in [-0.3, -0.25) is 9.59 Å². The molecule has 0 bridgehead atoms. The van der Waals surface area contributed by atoms with E-state index in [4.69, 9.17) is 4.74 Å². The van der Waals surface area contributed by atoms with Crippen LogP contribution in [0.25, 0.3) is 11.0 Å². The van der Waals surface area contributed by atoms with Gasteiger partial charge in [0, 0.05) is 33.0 Å². The molecule has 1 fully saturated rings. The van der Waals surface area contributed by atoms with Gasteiger partial charge in [0.1, 0.15) is 5.69 Å². The SMILES string of the molecule is COC1CCN(C(=O)CCc2nc3ccccc3[nH]c2=O)C1. The van der Waals surface area contributed by atoms with Gasteiger partial charge in [0.15, 0.2) is 0 Å². The number of fused-ring (bicyclic) bond motifs is 1. The van der Waals surface area contributed by atoms with E-state index in [0.29, 0.717) is 30.6 Å². The Kier molecular flexibility index (Phi) is 4.20. The molecule has 1 aliphatic rings. The van der Waals surface area contributed by atoms with Crippen LogP contribution in [0, 0.1) is 0 Å². The van der Waals surface area contributed by atoms with Crippen LogP contribution in [0.2, 0.25) is 0 Å². The minimum absolute atomic E-state index is 0.0499. The molecule has 2 heterocycles. The molecule has 6 heteroatoms. The fourth-order valence-corrected chi connectivity index (χ4v) is 2.77. The summed E-state index contributed by atoms with van der Waals surface area (Å²) in [6, 6.07) is 7.38. The number of nitrogens with one attached hydrogen (secondary N) is 1. The number of aromatic amines is 1. The Bertz CT molecular complexity index is 741. The second-order valence-corrected chi connectivity index (χ2v) is 5.52. The van der Waals surface area contributed by atoms with E-state index < -0.39 is 0 Å². The molecule has 116 valence electrons. The van der Waals surface area contributed by atoms with Crippen LogP contribution in [0.4, 0.5) is 0 Å². The highest BCUT2D eigenvalue weighted by molar-refractivity contribution is 5.77. The summed E-state index contributed by atoms with van der Waals surface area (Å²) in [6.45, 7) is 1.36. The van der Waals surface area contributed by atoms with Gasteiger partial charge < -0.3 is 14.6 Å². The molecule has 0 spiro atoms. The molecule has 0 radical (unpaired) electrons. The third-order valence-electron chi connectivity index (χ3n) is 4.08. The molecule has 1 aliphatic heterocycles. The Labute approximate surface area is 128 Å². The van der Waals surface area contributed by atoms with Crippen molar-refractivity contribution in [3.05, 3.63) is 40.3 Å². The summed E-state index contributed by atoms with van der Waals surface area (Å²) >= 11 is 0. The van der Waals surface area contributed by atoms with E-state index in [0.717, 1.165) is 18.5 Å².